The number of carbonyl (C=O) groups excluding carboxylic acids is 1. The summed E-state index contributed by atoms with van der Waals surface area (Å²) in [5.74, 6) is 0.141. The Balaban J connectivity index is 1.46. The van der Waals surface area contributed by atoms with Gasteiger partial charge in [0.2, 0.25) is 5.91 Å². The normalized spacial score (nSPS) is 23.9. The van der Waals surface area contributed by atoms with Gasteiger partial charge in [-0.25, -0.2) is 4.98 Å². The van der Waals surface area contributed by atoms with Crippen LogP contribution in [-0.2, 0) is 9.53 Å². The zero-order chi connectivity index (χ0) is 16.2. The van der Waals surface area contributed by atoms with Crippen LogP contribution >= 0.6 is 11.3 Å². The van der Waals surface area contributed by atoms with Crippen LogP contribution in [0.15, 0.2) is 5.38 Å². The maximum atomic E-state index is 12.2. The van der Waals surface area contributed by atoms with E-state index in [9.17, 15) is 4.79 Å². The Morgan fingerprint density at radius 1 is 1.43 bits per heavy atom. The highest BCUT2D eigenvalue weighted by Crippen LogP contribution is 2.24. The highest BCUT2D eigenvalue weighted by Gasteiger charge is 2.27. The lowest BCUT2D eigenvalue weighted by Crippen LogP contribution is -2.54. The first-order valence-corrected chi connectivity index (χ1v) is 9.28. The van der Waals surface area contributed by atoms with E-state index in [4.69, 9.17) is 4.74 Å². The van der Waals surface area contributed by atoms with Crippen LogP contribution in [0.25, 0.3) is 0 Å². The van der Waals surface area contributed by atoms with Gasteiger partial charge in [-0.05, 0) is 26.7 Å². The molecule has 1 aromatic heterocycles. The molecule has 1 N–H and O–H groups in total. The van der Waals surface area contributed by atoms with Crippen molar-refractivity contribution in [2.45, 2.75) is 38.8 Å². The van der Waals surface area contributed by atoms with Crippen molar-refractivity contribution >= 4 is 22.4 Å². The zero-order valence-corrected chi connectivity index (χ0v) is 14.8. The number of amides is 1. The fraction of sp³-hybridized carbons (Fsp3) is 0.750. The minimum atomic E-state index is 0.141. The molecule has 0 unspecified atom stereocenters. The molecule has 0 spiro atoms. The van der Waals surface area contributed by atoms with E-state index in [1.807, 2.05) is 6.92 Å². The fourth-order valence-corrected chi connectivity index (χ4v) is 4.18. The van der Waals surface area contributed by atoms with Gasteiger partial charge in [-0.3, -0.25) is 9.69 Å². The average molecular weight is 338 g/mol. The first kappa shape index (κ1) is 16.7. The molecule has 3 rings (SSSR count). The predicted molar refractivity (Wildman–Crippen MR) is 92.1 cm³/mol. The van der Waals surface area contributed by atoms with Gasteiger partial charge in [-0.2, -0.15) is 0 Å². The first-order valence-electron chi connectivity index (χ1n) is 8.40. The summed E-state index contributed by atoms with van der Waals surface area (Å²) < 4.78 is 5.33. The lowest BCUT2D eigenvalue weighted by molar-refractivity contribution is -0.123. The molecule has 2 aliphatic heterocycles. The van der Waals surface area contributed by atoms with E-state index in [1.165, 1.54) is 0 Å². The van der Waals surface area contributed by atoms with Crippen molar-refractivity contribution in [1.29, 1.82) is 0 Å². The number of hydrogen-bond acceptors (Lipinski definition) is 6. The van der Waals surface area contributed by atoms with Gasteiger partial charge >= 0.3 is 0 Å². The lowest BCUT2D eigenvalue weighted by Gasteiger charge is -2.39. The second-order valence-corrected chi connectivity index (χ2v) is 7.34. The number of thiazole rings is 1. The summed E-state index contributed by atoms with van der Waals surface area (Å²) in [7, 11) is 0. The van der Waals surface area contributed by atoms with Crippen LogP contribution in [0.2, 0.25) is 0 Å². The summed E-state index contributed by atoms with van der Waals surface area (Å²) in [5, 5.41) is 6.33. The van der Waals surface area contributed by atoms with Crippen LogP contribution in [0.4, 0.5) is 5.13 Å². The van der Waals surface area contributed by atoms with Crippen LogP contribution in [0.1, 0.15) is 25.5 Å². The maximum absolute atomic E-state index is 12.2. The number of piperazine rings is 1. The Morgan fingerprint density at radius 2 is 2.22 bits per heavy atom. The number of hydrogen-bond donors (Lipinski definition) is 1. The van der Waals surface area contributed by atoms with Gasteiger partial charge in [0.15, 0.2) is 5.13 Å². The van der Waals surface area contributed by atoms with Gasteiger partial charge < -0.3 is 15.0 Å². The molecule has 7 heteroatoms. The summed E-state index contributed by atoms with van der Waals surface area (Å²) in [6.45, 7) is 8.98. The number of rotatable bonds is 4. The van der Waals surface area contributed by atoms with Crippen molar-refractivity contribution in [2.24, 2.45) is 0 Å². The number of nitrogens with one attached hydrogen (secondary N) is 1. The largest absolute Gasteiger partial charge is 0.381 e. The van der Waals surface area contributed by atoms with Crippen molar-refractivity contribution in [3.63, 3.8) is 0 Å². The molecule has 1 aromatic rings. The Bertz CT molecular complexity index is 530. The topological polar surface area (TPSA) is 57.7 Å². The van der Waals surface area contributed by atoms with Gasteiger partial charge in [-0.15, -0.1) is 11.3 Å². The molecule has 3 heterocycles. The predicted octanol–water partition coefficient (Wildman–Crippen LogP) is 1.26. The van der Waals surface area contributed by atoms with Crippen molar-refractivity contribution in [3.8, 4) is 0 Å². The third-order valence-corrected chi connectivity index (χ3v) is 5.51. The Labute approximate surface area is 141 Å². The molecular formula is C16H26N4O2S. The highest BCUT2D eigenvalue weighted by molar-refractivity contribution is 7.13. The van der Waals surface area contributed by atoms with E-state index >= 15 is 0 Å². The maximum Gasteiger partial charge on any atom is 0.234 e. The molecule has 23 heavy (non-hydrogen) atoms. The first-order chi connectivity index (χ1) is 11.1. The van der Waals surface area contributed by atoms with E-state index in [1.54, 1.807) is 11.3 Å². The molecule has 0 radical (unpaired) electrons. The molecular weight excluding hydrogens is 312 g/mol. The van der Waals surface area contributed by atoms with Crippen LogP contribution in [0, 0.1) is 6.92 Å². The van der Waals surface area contributed by atoms with Crippen LogP contribution in [0.5, 0.6) is 0 Å². The lowest BCUT2D eigenvalue weighted by atomic mass is 10.1. The molecule has 0 aromatic carbocycles. The Kier molecular flexibility index (Phi) is 5.50. The van der Waals surface area contributed by atoms with E-state index in [0.29, 0.717) is 12.6 Å². The highest BCUT2D eigenvalue weighted by atomic mass is 32.1. The summed E-state index contributed by atoms with van der Waals surface area (Å²) in [4.78, 5) is 21.4. The minimum Gasteiger partial charge on any atom is -0.381 e. The molecule has 2 fully saturated rings. The average Bonchev–Trinajstić information content (AvgIpc) is 2.94. The monoisotopic (exact) mass is 338 g/mol. The Morgan fingerprint density at radius 3 is 2.87 bits per heavy atom. The van der Waals surface area contributed by atoms with Crippen molar-refractivity contribution in [3.05, 3.63) is 11.1 Å². The van der Waals surface area contributed by atoms with Gasteiger partial charge in [-0.1, -0.05) is 0 Å². The molecule has 0 bridgehead atoms. The van der Waals surface area contributed by atoms with E-state index < -0.39 is 0 Å². The third-order valence-electron chi connectivity index (χ3n) is 4.52. The van der Waals surface area contributed by atoms with Crippen molar-refractivity contribution in [1.82, 2.24) is 15.2 Å². The molecule has 1 amide bonds. The smallest absolute Gasteiger partial charge is 0.234 e. The van der Waals surface area contributed by atoms with Crippen LogP contribution < -0.4 is 10.2 Å². The van der Waals surface area contributed by atoms with Gasteiger partial charge in [0.05, 0.1) is 12.2 Å². The van der Waals surface area contributed by atoms with Crippen molar-refractivity contribution < 1.29 is 9.53 Å². The van der Waals surface area contributed by atoms with E-state index in [2.05, 4.69) is 32.4 Å². The number of nitrogens with zero attached hydrogens (tertiary/aromatic N) is 3. The third kappa shape index (κ3) is 4.43. The summed E-state index contributed by atoms with van der Waals surface area (Å²) in [6.07, 6.45) is 1.86. The summed E-state index contributed by atoms with van der Waals surface area (Å²) in [6, 6.07) is 0.665. The molecule has 6 nitrogen and oxygen atoms in total. The quantitative estimate of drug-likeness (QED) is 0.896. The molecule has 2 saturated heterocycles. The van der Waals surface area contributed by atoms with Crippen LogP contribution in [-0.4, -0.2) is 67.3 Å². The molecule has 0 aliphatic carbocycles. The summed E-state index contributed by atoms with van der Waals surface area (Å²) >= 11 is 1.70. The summed E-state index contributed by atoms with van der Waals surface area (Å²) in [5.41, 5.74) is 1.08. The number of aromatic nitrogens is 1. The molecule has 1 atom stereocenters. The second-order valence-electron chi connectivity index (χ2n) is 6.50. The number of carbonyl (C=O) groups is 1. The molecule has 2 aliphatic rings. The number of anilines is 1. The molecule has 128 valence electrons. The van der Waals surface area contributed by atoms with E-state index in [-0.39, 0.29) is 11.9 Å². The minimum absolute atomic E-state index is 0.141. The number of aryl methyl sites for hydroxylation is 1. The van der Waals surface area contributed by atoms with Crippen LogP contribution in [0.3, 0.4) is 0 Å². The van der Waals surface area contributed by atoms with E-state index in [0.717, 1.165) is 56.5 Å². The number of ether oxygens (including phenoxy) is 1. The second kappa shape index (κ2) is 7.59. The van der Waals surface area contributed by atoms with Gasteiger partial charge in [0.1, 0.15) is 0 Å². The standard InChI is InChI=1S/C16H26N4O2S/c1-12-11-23-16(17-12)20-6-5-19(9-13(20)2)10-15(21)18-14-3-7-22-8-4-14/h11,13-14H,3-10H2,1-2H3,(H,18,21)/t13-/m0/s1. The van der Waals surface area contributed by atoms with Crippen molar-refractivity contribution in [2.75, 3.05) is 44.3 Å². The zero-order valence-electron chi connectivity index (χ0n) is 14.0. The fourth-order valence-electron chi connectivity index (χ4n) is 3.25. The molecule has 0 saturated carbocycles. The SMILES string of the molecule is Cc1csc(N2CCN(CC(=O)NC3CCOCC3)C[C@@H]2C)n1. The Hall–Kier alpha value is -1.18. The van der Waals surface area contributed by atoms with Gasteiger partial charge in [0.25, 0.3) is 0 Å². The van der Waals surface area contributed by atoms with Gasteiger partial charge in [0, 0.05) is 50.3 Å².